The molecular formula is C16H33NO. The Bertz CT molecular complexity index is 231. The van der Waals surface area contributed by atoms with Crippen molar-refractivity contribution in [2.45, 2.75) is 78.2 Å². The van der Waals surface area contributed by atoms with E-state index in [4.69, 9.17) is 5.73 Å². The first kappa shape index (κ1) is 16.0. The van der Waals surface area contributed by atoms with Gasteiger partial charge in [-0.15, -0.1) is 0 Å². The normalized spacial score (nSPS) is 20.7. The topological polar surface area (TPSA) is 46.2 Å². The van der Waals surface area contributed by atoms with Gasteiger partial charge in [0.15, 0.2) is 0 Å². The number of rotatable bonds is 6. The van der Waals surface area contributed by atoms with Gasteiger partial charge in [0.25, 0.3) is 0 Å². The molecule has 0 heterocycles. The lowest BCUT2D eigenvalue weighted by Crippen LogP contribution is -2.55. The molecule has 1 rings (SSSR count). The molecule has 1 aliphatic rings. The van der Waals surface area contributed by atoms with Gasteiger partial charge in [-0.1, -0.05) is 47.0 Å². The van der Waals surface area contributed by atoms with Crippen LogP contribution in [0.1, 0.15) is 72.6 Å². The predicted octanol–water partition coefficient (Wildman–Crippen LogP) is 3.72. The molecule has 2 nitrogen and oxygen atoms in total. The summed E-state index contributed by atoms with van der Waals surface area (Å²) in [5.41, 5.74) is 5.52. The summed E-state index contributed by atoms with van der Waals surface area (Å²) in [6.45, 7) is 9.47. The standard InChI is InChI=1S/C16H33NO/c1-13(2)10-16(18,11-14(3)4)15(12-17)8-6-5-7-9-15/h13-14,18H,5-12,17H2,1-4H3. The maximum atomic E-state index is 11.3. The van der Waals surface area contributed by atoms with Crippen molar-refractivity contribution < 1.29 is 5.11 Å². The smallest absolute Gasteiger partial charge is 0.0720 e. The fraction of sp³-hybridized carbons (Fsp3) is 1.00. The Morgan fingerprint density at radius 2 is 1.44 bits per heavy atom. The van der Waals surface area contributed by atoms with Crippen LogP contribution in [0, 0.1) is 17.3 Å². The SMILES string of the molecule is CC(C)CC(O)(CC(C)C)C1(CN)CCCCC1. The highest BCUT2D eigenvalue weighted by molar-refractivity contribution is 5.01. The van der Waals surface area contributed by atoms with E-state index in [1.54, 1.807) is 0 Å². The van der Waals surface area contributed by atoms with Crippen molar-refractivity contribution in [2.75, 3.05) is 6.54 Å². The van der Waals surface area contributed by atoms with Crippen LogP contribution in [0.15, 0.2) is 0 Å². The molecule has 0 atom stereocenters. The molecule has 0 spiro atoms. The van der Waals surface area contributed by atoms with Crippen LogP contribution in [-0.4, -0.2) is 17.3 Å². The van der Waals surface area contributed by atoms with Crippen molar-refractivity contribution in [2.24, 2.45) is 23.0 Å². The first-order chi connectivity index (χ1) is 8.35. The molecule has 0 bridgehead atoms. The minimum Gasteiger partial charge on any atom is -0.389 e. The largest absolute Gasteiger partial charge is 0.389 e. The first-order valence-electron chi connectivity index (χ1n) is 7.78. The zero-order valence-corrected chi connectivity index (χ0v) is 12.8. The Hall–Kier alpha value is -0.0800. The van der Waals surface area contributed by atoms with Gasteiger partial charge in [-0.05, 0) is 37.5 Å². The zero-order chi connectivity index (χ0) is 13.8. The third-order valence-electron chi connectivity index (χ3n) is 4.68. The summed E-state index contributed by atoms with van der Waals surface area (Å²) >= 11 is 0. The second kappa shape index (κ2) is 6.38. The van der Waals surface area contributed by atoms with Gasteiger partial charge in [-0.2, -0.15) is 0 Å². The van der Waals surface area contributed by atoms with E-state index < -0.39 is 5.60 Å². The highest BCUT2D eigenvalue weighted by atomic mass is 16.3. The van der Waals surface area contributed by atoms with Crippen molar-refractivity contribution in [3.05, 3.63) is 0 Å². The van der Waals surface area contributed by atoms with E-state index in [-0.39, 0.29) is 5.41 Å². The molecule has 1 aliphatic carbocycles. The van der Waals surface area contributed by atoms with E-state index >= 15 is 0 Å². The molecule has 3 N–H and O–H groups in total. The molecule has 0 aliphatic heterocycles. The molecule has 1 fully saturated rings. The molecule has 0 saturated heterocycles. The van der Waals surface area contributed by atoms with Gasteiger partial charge in [-0.3, -0.25) is 0 Å². The Labute approximate surface area is 113 Å². The Morgan fingerprint density at radius 3 is 1.78 bits per heavy atom. The van der Waals surface area contributed by atoms with Crippen LogP contribution in [0.2, 0.25) is 0 Å². The van der Waals surface area contributed by atoms with Crippen molar-refractivity contribution in [3.63, 3.8) is 0 Å². The minimum atomic E-state index is -0.565. The second-order valence-electron chi connectivity index (χ2n) is 7.27. The van der Waals surface area contributed by atoms with E-state index in [2.05, 4.69) is 27.7 Å². The fourth-order valence-corrected chi connectivity index (χ4v) is 3.96. The third kappa shape index (κ3) is 3.48. The van der Waals surface area contributed by atoms with Crippen LogP contribution in [-0.2, 0) is 0 Å². The maximum absolute atomic E-state index is 11.3. The summed E-state index contributed by atoms with van der Waals surface area (Å²) < 4.78 is 0. The lowest BCUT2D eigenvalue weighted by Gasteiger charge is -2.51. The molecule has 0 unspecified atom stereocenters. The van der Waals surface area contributed by atoms with Crippen LogP contribution in [0.5, 0.6) is 0 Å². The maximum Gasteiger partial charge on any atom is 0.0720 e. The Morgan fingerprint density at radius 1 is 1.00 bits per heavy atom. The fourth-order valence-electron chi connectivity index (χ4n) is 3.96. The monoisotopic (exact) mass is 255 g/mol. The highest BCUT2D eigenvalue weighted by Gasteiger charge is 2.49. The molecule has 18 heavy (non-hydrogen) atoms. The Kier molecular flexibility index (Phi) is 5.67. The van der Waals surface area contributed by atoms with Crippen LogP contribution in [0.4, 0.5) is 0 Å². The first-order valence-corrected chi connectivity index (χ1v) is 7.78. The van der Waals surface area contributed by atoms with Gasteiger partial charge in [0, 0.05) is 12.0 Å². The van der Waals surface area contributed by atoms with E-state index in [9.17, 15) is 5.11 Å². The average molecular weight is 255 g/mol. The van der Waals surface area contributed by atoms with Gasteiger partial charge in [-0.25, -0.2) is 0 Å². The lowest BCUT2D eigenvalue weighted by atomic mass is 9.59. The minimum absolute atomic E-state index is 0.0280. The van der Waals surface area contributed by atoms with Gasteiger partial charge in [0.2, 0.25) is 0 Å². The van der Waals surface area contributed by atoms with Gasteiger partial charge >= 0.3 is 0 Å². The molecule has 0 aromatic carbocycles. The summed E-state index contributed by atoms with van der Waals surface area (Å²) in [4.78, 5) is 0. The molecule has 0 aromatic heterocycles. The number of hydrogen-bond acceptors (Lipinski definition) is 2. The van der Waals surface area contributed by atoms with Crippen molar-refractivity contribution in [1.82, 2.24) is 0 Å². The molecule has 0 amide bonds. The number of aliphatic hydroxyl groups is 1. The summed E-state index contributed by atoms with van der Waals surface area (Å²) in [5.74, 6) is 1.05. The zero-order valence-electron chi connectivity index (χ0n) is 12.8. The van der Waals surface area contributed by atoms with E-state index in [1.165, 1.54) is 19.3 Å². The van der Waals surface area contributed by atoms with Crippen LogP contribution in [0.25, 0.3) is 0 Å². The van der Waals surface area contributed by atoms with Crippen LogP contribution >= 0.6 is 0 Å². The van der Waals surface area contributed by atoms with Crippen molar-refractivity contribution >= 4 is 0 Å². The van der Waals surface area contributed by atoms with E-state index in [0.29, 0.717) is 18.4 Å². The molecule has 0 aromatic rings. The van der Waals surface area contributed by atoms with Gasteiger partial charge in [0.05, 0.1) is 5.60 Å². The number of hydrogen-bond donors (Lipinski definition) is 2. The highest BCUT2D eigenvalue weighted by Crippen LogP contribution is 2.49. The third-order valence-corrected chi connectivity index (χ3v) is 4.68. The average Bonchev–Trinajstić information content (AvgIpc) is 2.27. The molecular weight excluding hydrogens is 222 g/mol. The van der Waals surface area contributed by atoms with Crippen LogP contribution in [0.3, 0.4) is 0 Å². The second-order valence-corrected chi connectivity index (χ2v) is 7.27. The van der Waals surface area contributed by atoms with E-state index in [1.807, 2.05) is 0 Å². The molecule has 1 saturated carbocycles. The molecule has 0 radical (unpaired) electrons. The van der Waals surface area contributed by atoms with Gasteiger partial charge < -0.3 is 10.8 Å². The molecule has 2 heteroatoms. The lowest BCUT2D eigenvalue weighted by molar-refractivity contribution is -0.124. The summed E-state index contributed by atoms with van der Waals surface area (Å²) in [7, 11) is 0. The Balaban J connectivity index is 2.97. The number of nitrogens with two attached hydrogens (primary N) is 1. The predicted molar refractivity (Wildman–Crippen MR) is 78.4 cm³/mol. The quantitative estimate of drug-likeness (QED) is 0.760. The van der Waals surface area contributed by atoms with Crippen LogP contribution < -0.4 is 5.73 Å². The van der Waals surface area contributed by atoms with Crippen molar-refractivity contribution in [3.8, 4) is 0 Å². The van der Waals surface area contributed by atoms with Crippen molar-refractivity contribution in [1.29, 1.82) is 0 Å². The van der Waals surface area contributed by atoms with Gasteiger partial charge in [0.1, 0.15) is 0 Å². The summed E-state index contributed by atoms with van der Waals surface area (Å²) in [6, 6.07) is 0. The summed E-state index contributed by atoms with van der Waals surface area (Å²) in [5, 5.41) is 11.3. The molecule has 108 valence electrons. The van der Waals surface area contributed by atoms with E-state index in [0.717, 1.165) is 25.7 Å². The summed E-state index contributed by atoms with van der Waals surface area (Å²) in [6.07, 6.45) is 7.77.